The van der Waals surface area contributed by atoms with Crippen molar-refractivity contribution in [3.05, 3.63) is 0 Å². The third-order valence-corrected chi connectivity index (χ3v) is 1.23. The van der Waals surface area contributed by atoms with Crippen molar-refractivity contribution in [2.45, 2.75) is 0 Å². The molecule has 64 valence electrons. The van der Waals surface area contributed by atoms with Crippen LogP contribution in [0.5, 0.6) is 0 Å². The third-order valence-electron chi connectivity index (χ3n) is 0.137. The molecule has 11 heteroatoms. The van der Waals surface area contributed by atoms with E-state index in [0.717, 1.165) is 0 Å². The first-order valence-electron chi connectivity index (χ1n) is 1.68. The highest BCUT2D eigenvalue weighted by molar-refractivity contribution is 7.45. The van der Waals surface area contributed by atoms with Gasteiger partial charge in [-0.3, -0.25) is 0 Å². The quantitative estimate of drug-likeness (QED) is 0.546. The molecule has 0 saturated carbocycles. The van der Waals surface area contributed by atoms with Crippen LogP contribution in [0.3, 0.4) is 0 Å². The lowest BCUT2D eigenvalue weighted by molar-refractivity contribution is -0.181. The second-order valence-electron chi connectivity index (χ2n) is 0.781. The van der Waals surface area contributed by atoms with Crippen LogP contribution in [-0.4, -0.2) is 9.79 Å². The highest BCUT2D eigenvalue weighted by Gasteiger charge is 2.23. The van der Waals surface area contributed by atoms with Crippen molar-refractivity contribution < 1.29 is 37.6 Å². The molecule has 0 heterocycles. The van der Waals surface area contributed by atoms with Crippen molar-refractivity contribution >= 4 is 24.8 Å². The van der Waals surface area contributed by atoms with Crippen molar-refractivity contribution in [2.24, 2.45) is 0 Å². The fourth-order valence-electron chi connectivity index (χ4n) is 0.0570. The van der Waals surface area contributed by atoms with E-state index in [1.165, 1.54) is 0 Å². The molecule has 0 aliphatic carbocycles. The number of hydrogen-bond acceptors (Lipinski definition) is 6. The molecule has 11 heavy (non-hydrogen) atoms. The van der Waals surface area contributed by atoms with Crippen LogP contribution in [0.1, 0.15) is 0 Å². The van der Waals surface area contributed by atoms with Gasteiger partial charge in [-0.25, -0.2) is 0 Å². The van der Waals surface area contributed by atoms with Gasteiger partial charge in [0, 0.05) is 4.57 Å². The Kier molecular flexibility index (Phi) is 10.2. The molecule has 0 aromatic carbocycles. The topological polar surface area (TPSA) is 147 Å². The summed E-state index contributed by atoms with van der Waals surface area (Å²) in [6.45, 7) is 0. The number of rotatable bonds is 2. The summed E-state index contributed by atoms with van der Waals surface area (Å²) in [5, 5.41) is 0. The van der Waals surface area contributed by atoms with E-state index in [2.05, 4.69) is 4.31 Å². The van der Waals surface area contributed by atoms with Crippen molar-refractivity contribution in [1.82, 2.24) is 0 Å². The lowest BCUT2D eigenvalue weighted by Gasteiger charge is -1.63. The molecule has 0 bridgehead atoms. The fourth-order valence-corrected chi connectivity index (χ4v) is 0.513. The van der Waals surface area contributed by atoms with Crippen LogP contribution in [0, 0.1) is 0 Å². The largest absolute Gasteiger partial charge is 0.741 e. The Labute approximate surface area is 63.3 Å². The molecule has 2 N–H and O–H groups in total. The number of hydrogen-bond donors (Lipinski definition) is 2. The minimum Gasteiger partial charge on any atom is -0.567 e. The Morgan fingerprint density at radius 2 is 1.36 bits per heavy atom. The summed E-state index contributed by atoms with van der Waals surface area (Å²) in [6.07, 6.45) is 0. The molecule has 3 atom stereocenters. The van der Waals surface area contributed by atoms with Crippen LogP contribution in [0.2, 0.25) is 0 Å². The molecule has 0 spiro atoms. The van der Waals surface area contributed by atoms with E-state index in [0.29, 0.717) is 0 Å². The summed E-state index contributed by atoms with van der Waals surface area (Å²) >= 11 is 0. The third kappa shape index (κ3) is 39.4. The van der Waals surface area contributed by atoms with Crippen LogP contribution in [0.15, 0.2) is 0 Å². The second kappa shape index (κ2) is 8.20. The molecule has 0 aliphatic heterocycles. The van der Waals surface area contributed by atoms with Gasteiger partial charge in [0.05, 0.1) is 0 Å². The normalized spacial score (nSPS) is 12.5. The van der Waals surface area contributed by atoms with Crippen LogP contribution in [0.25, 0.3) is 0 Å². The summed E-state index contributed by atoms with van der Waals surface area (Å²) in [7, 11) is -9.28. The molecule has 3 unspecified atom stereocenters. The van der Waals surface area contributed by atoms with Gasteiger partial charge in [0.25, 0.3) is 0 Å². The van der Waals surface area contributed by atoms with E-state index in [1.54, 1.807) is 0 Å². The highest BCUT2D eigenvalue weighted by atomic mass is 31.2. The van der Waals surface area contributed by atoms with Crippen molar-refractivity contribution in [2.75, 3.05) is 0 Å². The zero-order chi connectivity index (χ0) is 9.44. The molecule has 0 radical (unpaired) electrons. The molecule has 0 aromatic heterocycles. The van der Waals surface area contributed by atoms with Crippen LogP contribution in [-0.2, 0) is 18.0 Å². The maximum Gasteiger partial charge on any atom is 0.741 e. The average Bonchev–Trinajstić information content (AvgIpc) is 1.56. The summed E-state index contributed by atoms with van der Waals surface area (Å²) < 4.78 is 30.5. The molecule has 0 aromatic rings. The van der Waals surface area contributed by atoms with Gasteiger partial charge in [-0.15, -0.1) is 4.89 Å². The summed E-state index contributed by atoms with van der Waals surface area (Å²) in [5.41, 5.74) is 0. The summed E-state index contributed by atoms with van der Waals surface area (Å²) in [4.78, 5) is 32.5. The Morgan fingerprint density at radius 3 is 1.36 bits per heavy atom. The molecule has 8 nitrogen and oxygen atoms in total. The standard InChI is InChI=1S/O5P2.HO3P/c1-6(2)5-7(3)4;1-4(2)3/h;(H,1,2,3)/p+1. The van der Waals surface area contributed by atoms with Crippen molar-refractivity contribution in [3.8, 4) is 0 Å². The Morgan fingerprint density at radius 1 is 1.09 bits per heavy atom. The molecule has 0 fully saturated rings. The minimum atomic E-state index is -3.17. The van der Waals surface area contributed by atoms with Gasteiger partial charge in [-0.1, -0.05) is 0 Å². The van der Waals surface area contributed by atoms with E-state index < -0.39 is 24.8 Å². The SMILES string of the molecule is O=[P+]([O-])O.O=[P+]([O-])O[P+](=O)O. The van der Waals surface area contributed by atoms with E-state index in [1.807, 2.05) is 0 Å². The predicted octanol–water partition coefficient (Wildman–Crippen LogP) is -1.33. The molecular formula is H2O8P3+. The lowest BCUT2D eigenvalue weighted by atomic mass is 15.8. The van der Waals surface area contributed by atoms with Crippen LogP contribution >= 0.6 is 24.8 Å². The lowest BCUT2D eigenvalue weighted by Crippen LogP contribution is -1.83. The van der Waals surface area contributed by atoms with Crippen LogP contribution in [0.4, 0.5) is 0 Å². The summed E-state index contributed by atoms with van der Waals surface area (Å²) in [6, 6.07) is 0. The van der Waals surface area contributed by atoms with Crippen molar-refractivity contribution in [3.63, 3.8) is 0 Å². The van der Waals surface area contributed by atoms with Gasteiger partial charge in [0.1, 0.15) is 4.31 Å². The van der Waals surface area contributed by atoms with E-state index in [9.17, 15) is 14.0 Å². The molecule has 0 rings (SSSR count). The smallest absolute Gasteiger partial charge is 0.567 e. The maximum atomic E-state index is 9.35. The predicted molar refractivity (Wildman–Crippen MR) is 28.3 cm³/mol. The maximum absolute atomic E-state index is 9.35. The molecule has 0 saturated heterocycles. The van der Waals surface area contributed by atoms with Gasteiger partial charge in [0.15, 0.2) is 0 Å². The fraction of sp³-hybridized carbons (Fsp3) is 0. The average molecular weight is 223 g/mol. The molecular weight excluding hydrogens is 221 g/mol. The Hall–Kier alpha value is 0.1000. The zero-order valence-corrected chi connectivity index (χ0v) is 7.37. The Bertz CT molecular complexity index is 143. The Balaban J connectivity index is 0. The zero-order valence-electron chi connectivity index (χ0n) is 4.69. The van der Waals surface area contributed by atoms with Gasteiger partial charge in [0.2, 0.25) is 0 Å². The van der Waals surface area contributed by atoms with Gasteiger partial charge >= 0.3 is 24.8 Å². The first kappa shape index (κ1) is 13.7. The first-order valence-corrected chi connectivity index (χ1v) is 5.03. The van der Waals surface area contributed by atoms with Gasteiger partial charge in [-0.2, -0.15) is 4.89 Å². The van der Waals surface area contributed by atoms with E-state index >= 15 is 0 Å². The monoisotopic (exact) mass is 223 g/mol. The van der Waals surface area contributed by atoms with E-state index in [-0.39, 0.29) is 0 Å². The molecule has 0 amide bonds. The highest BCUT2D eigenvalue weighted by Crippen LogP contribution is 2.27. The van der Waals surface area contributed by atoms with Gasteiger partial charge < -0.3 is 9.79 Å². The molecule has 0 aliphatic rings. The minimum absolute atomic E-state index is 2.99. The van der Waals surface area contributed by atoms with Crippen LogP contribution < -0.4 is 9.79 Å². The second-order valence-corrected chi connectivity index (χ2v) is 2.83. The first-order chi connectivity index (χ1) is 4.86. The van der Waals surface area contributed by atoms with Crippen molar-refractivity contribution in [1.29, 1.82) is 0 Å². The van der Waals surface area contributed by atoms with Gasteiger partial charge in [-0.05, 0) is 9.13 Å². The van der Waals surface area contributed by atoms with E-state index in [4.69, 9.17) is 19.2 Å². The summed E-state index contributed by atoms with van der Waals surface area (Å²) in [5.74, 6) is 0.